The summed E-state index contributed by atoms with van der Waals surface area (Å²) in [5.74, 6) is 0.669. The molecule has 0 aliphatic rings. The smallest absolute Gasteiger partial charge is 0.150 e. The Bertz CT molecular complexity index is 742. The summed E-state index contributed by atoms with van der Waals surface area (Å²) < 4.78 is 6.12. The average molecular weight is 328 g/mol. The molecule has 0 saturated carbocycles. The van der Waals surface area contributed by atoms with E-state index in [1.54, 1.807) is 6.07 Å². The number of hydrogen-bond acceptors (Lipinski definition) is 1. The summed E-state index contributed by atoms with van der Waals surface area (Å²) in [5.41, 5.74) is 1.89. The molecular formula is C19H13Cl2O. The molecule has 0 aliphatic heterocycles. The van der Waals surface area contributed by atoms with Crippen LogP contribution in [0.1, 0.15) is 17.2 Å². The molecule has 0 aliphatic carbocycles. The Labute approximate surface area is 140 Å². The van der Waals surface area contributed by atoms with Gasteiger partial charge in [0.15, 0.2) is 6.10 Å². The van der Waals surface area contributed by atoms with Gasteiger partial charge in [0.25, 0.3) is 0 Å². The fourth-order valence-corrected chi connectivity index (χ4v) is 2.74. The first-order valence-electron chi connectivity index (χ1n) is 6.87. The van der Waals surface area contributed by atoms with E-state index in [1.165, 1.54) is 0 Å². The fourth-order valence-electron chi connectivity index (χ4n) is 2.23. The molecule has 1 unspecified atom stereocenters. The minimum atomic E-state index is -0.315. The topological polar surface area (TPSA) is 9.23 Å². The molecule has 3 aromatic rings. The maximum atomic E-state index is 6.37. The highest BCUT2D eigenvalue weighted by Crippen LogP contribution is 2.33. The van der Waals surface area contributed by atoms with Crippen molar-refractivity contribution in [3.63, 3.8) is 0 Å². The minimum absolute atomic E-state index is 0.315. The number of benzene rings is 3. The third-order valence-electron chi connectivity index (χ3n) is 3.27. The van der Waals surface area contributed by atoms with Crippen molar-refractivity contribution in [3.8, 4) is 5.75 Å². The van der Waals surface area contributed by atoms with E-state index >= 15 is 0 Å². The van der Waals surface area contributed by atoms with Gasteiger partial charge in [-0.3, -0.25) is 0 Å². The van der Waals surface area contributed by atoms with Gasteiger partial charge in [0.1, 0.15) is 5.75 Å². The molecule has 1 atom stereocenters. The van der Waals surface area contributed by atoms with Crippen LogP contribution in [0.2, 0.25) is 10.0 Å². The SMILES string of the molecule is Clc1ccc(C(Oc2[c]cccc2)c2ccccc2)c(Cl)c1. The first-order valence-corrected chi connectivity index (χ1v) is 7.63. The first-order chi connectivity index (χ1) is 10.7. The second kappa shape index (κ2) is 6.87. The van der Waals surface area contributed by atoms with Crippen molar-refractivity contribution in [1.82, 2.24) is 0 Å². The zero-order valence-electron chi connectivity index (χ0n) is 11.7. The molecule has 0 spiro atoms. The first kappa shape index (κ1) is 15.0. The second-order valence-corrected chi connectivity index (χ2v) is 5.64. The monoisotopic (exact) mass is 327 g/mol. The van der Waals surface area contributed by atoms with E-state index in [0.29, 0.717) is 15.8 Å². The maximum absolute atomic E-state index is 6.37. The van der Waals surface area contributed by atoms with Crippen LogP contribution in [0.25, 0.3) is 0 Å². The van der Waals surface area contributed by atoms with Crippen molar-refractivity contribution < 1.29 is 4.74 Å². The van der Waals surface area contributed by atoms with Crippen molar-refractivity contribution in [2.24, 2.45) is 0 Å². The summed E-state index contributed by atoms with van der Waals surface area (Å²) in [5, 5.41) is 1.18. The molecular weight excluding hydrogens is 315 g/mol. The predicted octanol–water partition coefficient (Wildman–Crippen LogP) is 5.96. The number of rotatable bonds is 4. The van der Waals surface area contributed by atoms with E-state index in [9.17, 15) is 0 Å². The summed E-state index contributed by atoms with van der Waals surface area (Å²) in [6, 6.07) is 26.0. The zero-order chi connectivity index (χ0) is 15.4. The Morgan fingerprint density at radius 2 is 1.64 bits per heavy atom. The second-order valence-electron chi connectivity index (χ2n) is 4.80. The molecule has 3 rings (SSSR count). The molecule has 0 heterocycles. The van der Waals surface area contributed by atoms with Gasteiger partial charge in [-0.05, 0) is 23.8 Å². The van der Waals surface area contributed by atoms with Crippen LogP contribution in [0.5, 0.6) is 5.75 Å². The molecule has 1 radical (unpaired) electrons. The summed E-state index contributed by atoms with van der Waals surface area (Å²) >= 11 is 12.4. The van der Waals surface area contributed by atoms with Gasteiger partial charge in [-0.15, -0.1) is 0 Å². The van der Waals surface area contributed by atoms with Crippen molar-refractivity contribution in [1.29, 1.82) is 0 Å². The Kier molecular flexibility index (Phi) is 4.67. The van der Waals surface area contributed by atoms with Crippen molar-refractivity contribution in [3.05, 3.63) is 100 Å². The van der Waals surface area contributed by atoms with Crippen LogP contribution >= 0.6 is 23.2 Å². The lowest BCUT2D eigenvalue weighted by Crippen LogP contribution is -2.10. The Morgan fingerprint density at radius 3 is 2.32 bits per heavy atom. The van der Waals surface area contributed by atoms with E-state index < -0.39 is 0 Å². The molecule has 22 heavy (non-hydrogen) atoms. The Hall–Kier alpha value is -1.96. The van der Waals surface area contributed by atoms with Crippen molar-refractivity contribution >= 4 is 23.2 Å². The lowest BCUT2D eigenvalue weighted by atomic mass is 10.0. The highest BCUT2D eigenvalue weighted by Gasteiger charge is 2.19. The van der Waals surface area contributed by atoms with Gasteiger partial charge in [-0.2, -0.15) is 0 Å². The van der Waals surface area contributed by atoms with Gasteiger partial charge in [0.2, 0.25) is 0 Å². The highest BCUT2D eigenvalue weighted by molar-refractivity contribution is 6.35. The molecule has 109 valence electrons. The third kappa shape index (κ3) is 3.44. The van der Waals surface area contributed by atoms with Gasteiger partial charge >= 0.3 is 0 Å². The maximum Gasteiger partial charge on any atom is 0.150 e. The molecule has 0 amide bonds. The largest absolute Gasteiger partial charge is 0.480 e. The van der Waals surface area contributed by atoms with Crippen LogP contribution in [0.15, 0.2) is 72.8 Å². The van der Waals surface area contributed by atoms with Gasteiger partial charge in [-0.1, -0.05) is 77.8 Å². The standard InChI is InChI=1S/C19H13Cl2O/c20-15-11-12-17(18(21)13-15)19(14-7-3-1-4-8-14)22-16-9-5-2-6-10-16/h1-9,11-13,19H. The molecule has 0 bridgehead atoms. The van der Waals surface area contributed by atoms with Crippen LogP contribution < -0.4 is 4.74 Å². The molecule has 0 N–H and O–H groups in total. The van der Waals surface area contributed by atoms with Gasteiger partial charge in [0, 0.05) is 21.7 Å². The van der Waals surface area contributed by atoms with E-state index in [2.05, 4.69) is 6.07 Å². The van der Waals surface area contributed by atoms with Crippen molar-refractivity contribution in [2.75, 3.05) is 0 Å². The van der Waals surface area contributed by atoms with Crippen LogP contribution in [0.4, 0.5) is 0 Å². The van der Waals surface area contributed by atoms with Gasteiger partial charge < -0.3 is 4.74 Å². The van der Waals surface area contributed by atoms with Crippen LogP contribution in [-0.4, -0.2) is 0 Å². The molecule has 3 aromatic carbocycles. The molecule has 0 saturated heterocycles. The van der Waals surface area contributed by atoms with E-state index in [4.69, 9.17) is 27.9 Å². The summed E-state index contributed by atoms with van der Waals surface area (Å²) in [6.45, 7) is 0. The zero-order valence-corrected chi connectivity index (χ0v) is 13.2. The average Bonchev–Trinajstić information content (AvgIpc) is 2.55. The lowest BCUT2D eigenvalue weighted by molar-refractivity contribution is 0.247. The van der Waals surface area contributed by atoms with E-state index in [-0.39, 0.29) is 6.10 Å². The van der Waals surface area contributed by atoms with Crippen LogP contribution in [0.3, 0.4) is 0 Å². The summed E-state index contributed by atoms with van der Waals surface area (Å²) in [6.07, 6.45) is -0.315. The van der Waals surface area contributed by atoms with Crippen LogP contribution in [-0.2, 0) is 0 Å². The van der Waals surface area contributed by atoms with Gasteiger partial charge in [-0.25, -0.2) is 0 Å². The molecule has 0 fully saturated rings. The Balaban J connectivity index is 2.03. The van der Waals surface area contributed by atoms with Gasteiger partial charge in [0.05, 0.1) is 0 Å². The summed E-state index contributed by atoms with van der Waals surface area (Å²) in [7, 11) is 0. The number of hydrogen-bond donors (Lipinski definition) is 0. The molecule has 1 nitrogen and oxygen atoms in total. The molecule has 0 aromatic heterocycles. The predicted molar refractivity (Wildman–Crippen MR) is 90.7 cm³/mol. The minimum Gasteiger partial charge on any atom is -0.480 e. The molecule has 3 heteroatoms. The Morgan fingerprint density at radius 1 is 0.864 bits per heavy atom. The number of halogens is 2. The number of ether oxygens (including phenoxy) is 1. The van der Waals surface area contributed by atoms with Crippen molar-refractivity contribution in [2.45, 2.75) is 6.10 Å². The third-order valence-corrected chi connectivity index (χ3v) is 3.84. The lowest BCUT2D eigenvalue weighted by Gasteiger charge is -2.21. The quantitative estimate of drug-likeness (QED) is 0.574. The number of para-hydroxylation sites is 1. The van der Waals surface area contributed by atoms with Crippen LogP contribution in [0, 0.1) is 6.07 Å². The normalized spacial score (nSPS) is 11.9. The fraction of sp³-hybridized carbons (Fsp3) is 0.0526. The van der Waals surface area contributed by atoms with E-state index in [0.717, 1.165) is 11.1 Å². The highest BCUT2D eigenvalue weighted by atomic mass is 35.5. The summed E-state index contributed by atoms with van der Waals surface area (Å²) in [4.78, 5) is 0. The van der Waals surface area contributed by atoms with E-state index in [1.807, 2.05) is 66.7 Å².